The molecule has 1 fully saturated rings. The van der Waals surface area contributed by atoms with Crippen LogP contribution in [0.3, 0.4) is 0 Å². The number of benzene rings is 2. The Bertz CT molecular complexity index is 949. The second-order valence-corrected chi connectivity index (χ2v) is 6.77. The second-order valence-electron chi connectivity index (χ2n) is 6.77. The molecule has 2 heterocycles. The minimum Gasteiger partial charge on any atom is -0.454 e. The van der Waals surface area contributed by atoms with E-state index in [9.17, 15) is 14.4 Å². The van der Waals surface area contributed by atoms with Crippen molar-refractivity contribution >= 4 is 17.7 Å². The number of fused-ring (bicyclic) bond motifs is 1. The first kappa shape index (κ1) is 19.7. The molecule has 2 aromatic rings. The number of ether oxygens (including phenoxy) is 3. The van der Waals surface area contributed by atoms with E-state index in [0.29, 0.717) is 30.2 Å². The highest BCUT2D eigenvalue weighted by Gasteiger charge is 2.32. The van der Waals surface area contributed by atoms with Crippen LogP contribution < -0.4 is 20.1 Å². The van der Waals surface area contributed by atoms with Gasteiger partial charge in [-0.15, -0.1) is 0 Å². The summed E-state index contributed by atoms with van der Waals surface area (Å²) in [6.45, 7) is 1.11. The third-order valence-corrected chi connectivity index (χ3v) is 4.81. The van der Waals surface area contributed by atoms with Gasteiger partial charge in [-0.05, 0) is 23.8 Å². The number of nitrogens with one attached hydrogen (secondary N) is 2. The first-order chi connectivity index (χ1) is 14.6. The quantitative estimate of drug-likeness (QED) is 0.700. The molecule has 156 valence electrons. The SMILES string of the molecule is O=C(NCc1ccccc1)C(=O)NC[C@@H]1OCCN1C(=O)c1ccc2c(c1)OCO2. The zero-order chi connectivity index (χ0) is 20.9. The monoisotopic (exact) mass is 411 g/mol. The molecule has 0 unspecified atom stereocenters. The molecule has 0 saturated carbocycles. The molecule has 0 aromatic heterocycles. The van der Waals surface area contributed by atoms with E-state index in [-0.39, 0.29) is 25.8 Å². The molecular weight excluding hydrogens is 390 g/mol. The predicted octanol–water partition coefficient (Wildman–Crippen LogP) is 0.646. The number of hydrogen-bond acceptors (Lipinski definition) is 6. The second kappa shape index (κ2) is 8.83. The fourth-order valence-electron chi connectivity index (χ4n) is 3.24. The van der Waals surface area contributed by atoms with E-state index < -0.39 is 18.0 Å². The smallest absolute Gasteiger partial charge is 0.309 e. The van der Waals surface area contributed by atoms with Gasteiger partial charge in [-0.1, -0.05) is 30.3 Å². The summed E-state index contributed by atoms with van der Waals surface area (Å²) in [6, 6.07) is 14.2. The molecular formula is C21H21N3O6. The van der Waals surface area contributed by atoms with Crippen LogP contribution in [0.5, 0.6) is 11.5 Å². The number of carbonyl (C=O) groups excluding carboxylic acids is 3. The van der Waals surface area contributed by atoms with Crippen LogP contribution in [0.25, 0.3) is 0 Å². The molecule has 0 spiro atoms. The lowest BCUT2D eigenvalue weighted by molar-refractivity contribution is -0.139. The van der Waals surface area contributed by atoms with Crippen molar-refractivity contribution in [1.82, 2.24) is 15.5 Å². The number of carbonyl (C=O) groups is 3. The molecule has 0 aliphatic carbocycles. The van der Waals surface area contributed by atoms with Crippen LogP contribution in [0.2, 0.25) is 0 Å². The summed E-state index contributed by atoms with van der Waals surface area (Å²) in [7, 11) is 0. The van der Waals surface area contributed by atoms with Crippen LogP contribution in [0.4, 0.5) is 0 Å². The van der Waals surface area contributed by atoms with Gasteiger partial charge in [0.25, 0.3) is 5.91 Å². The van der Waals surface area contributed by atoms with Gasteiger partial charge in [0.2, 0.25) is 6.79 Å². The van der Waals surface area contributed by atoms with Crippen LogP contribution in [-0.4, -0.2) is 55.3 Å². The number of amides is 3. The molecule has 9 nitrogen and oxygen atoms in total. The van der Waals surface area contributed by atoms with Crippen LogP contribution in [0, 0.1) is 0 Å². The minimum atomic E-state index is -0.781. The lowest BCUT2D eigenvalue weighted by Gasteiger charge is -2.23. The highest BCUT2D eigenvalue weighted by molar-refractivity contribution is 6.35. The maximum Gasteiger partial charge on any atom is 0.309 e. The summed E-state index contributed by atoms with van der Waals surface area (Å²) in [5, 5.41) is 5.08. The van der Waals surface area contributed by atoms with Gasteiger partial charge in [0.05, 0.1) is 13.2 Å². The fraction of sp³-hybridized carbons (Fsp3) is 0.286. The topological polar surface area (TPSA) is 106 Å². The predicted molar refractivity (Wildman–Crippen MR) is 105 cm³/mol. The third-order valence-electron chi connectivity index (χ3n) is 4.81. The standard InChI is InChI=1S/C21H21N3O6/c25-19(22-11-14-4-2-1-3-5-14)20(26)23-12-18-24(8-9-28-18)21(27)15-6-7-16-17(10-15)30-13-29-16/h1-7,10,18H,8-9,11-13H2,(H,22,25)(H,23,26)/t18-/m0/s1. The van der Waals surface area contributed by atoms with Crippen molar-refractivity contribution in [1.29, 1.82) is 0 Å². The van der Waals surface area contributed by atoms with Crippen molar-refractivity contribution < 1.29 is 28.6 Å². The summed E-state index contributed by atoms with van der Waals surface area (Å²) >= 11 is 0. The summed E-state index contributed by atoms with van der Waals surface area (Å²) in [5.74, 6) is -0.670. The first-order valence-corrected chi connectivity index (χ1v) is 9.54. The fourth-order valence-corrected chi connectivity index (χ4v) is 3.24. The molecule has 4 rings (SSSR count). The largest absolute Gasteiger partial charge is 0.454 e. The first-order valence-electron chi connectivity index (χ1n) is 9.54. The average Bonchev–Trinajstić information content (AvgIpc) is 3.44. The molecule has 9 heteroatoms. The summed E-state index contributed by atoms with van der Waals surface area (Å²) < 4.78 is 16.1. The molecule has 3 amide bonds. The minimum absolute atomic E-state index is 0.00782. The van der Waals surface area contributed by atoms with Gasteiger partial charge in [-0.2, -0.15) is 0 Å². The Kier molecular flexibility index (Phi) is 5.80. The molecule has 0 bridgehead atoms. The summed E-state index contributed by atoms with van der Waals surface area (Å²) in [4.78, 5) is 38.4. The van der Waals surface area contributed by atoms with Crippen LogP contribution >= 0.6 is 0 Å². The van der Waals surface area contributed by atoms with Crippen LogP contribution in [0.15, 0.2) is 48.5 Å². The summed E-state index contributed by atoms with van der Waals surface area (Å²) in [5.41, 5.74) is 1.32. The van der Waals surface area contributed by atoms with Crippen molar-refractivity contribution in [3.8, 4) is 11.5 Å². The zero-order valence-corrected chi connectivity index (χ0v) is 16.1. The van der Waals surface area contributed by atoms with Gasteiger partial charge in [-0.25, -0.2) is 0 Å². The number of hydrogen-bond donors (Lipinski definition) is 2. The molecule has 0 radical (unpaired) electrons. The molecule has 30 heavy (non-hydrogen) atoms. The molecule has 1 saturated heterocycles. The van der Waals surface area contributed by atoms with Gasteiger partial charge in [0.1, 0.15) is 6.23 Å². The zero-order valence-electron chi connectivity index (χ0n) is 16.1. The van der Waals surface area contributed by atoms with Gasteiger partial charge in [0.15, 0.2) is 11.5 Å². The Hall–Kier alpha value is -3.59. The van der Waals surface area contributed by atoms with E-state index in [1.54, 1.807) is 18.2 Å². The highest BCUT2D eigenvalue weighted by atomic mass is 16.7. The van der Waals surface area contributed by atoms with E-state index in [0.717, 1.165) is 5.56 Å². The van der Waals surface area contributed by atoms with Gasteiger partial charge in [-0.3, -0.25) is 14.4 Å². The molecule has 2 N–H and O–H groups in total. The summed E-state index contributed by atoms with van der Waals surface area (Å²) in [6.07, 6.45) is -0.659. The Morgan fingerprint density at radius 2 is 1.73 bits per heavy atom. The Balaban J connectivity index is 1.30. The molecule has 2 aliphatic rings. The number of nitrogens with zero attached hydrogens (tertiary/aromatic N) is 1. The Morgan fingerprint density at radius 1 is 0.967 bits per heavy atom. The van der Waals surface area contributed by atoms with E-state index in [1.807, 2.05) is 30.3 Å². The van der Waals surface area contributed by atoms with E-state index >= 15 is 0 Å². The van der Waals surface area contributed by atoms with Crippen LogP contribution in [-0.2, 0) is 20.9 Å². The van der Waals surface area contributed by atoms with Crippen LogP contribution in [0.1, 0.15) is 15.9 Å². The molecule has 2 aromatic carbocycles. The van der Waals surface area contributed by atoms with Gasteiger partial charge < -0.3 is 29.7 Å². The van der Waals surface area contributed by atoms with E-state index in [2.05, 4.69) is 10.6 Å². The van der Waals surface area contributed by atoms with Crippen molar-refractivity contribution in [2.75, 3.05) is 26.5 Å². The average molecular weight is 411 g/mol. The Morgan fingerprint density at radius 3 is 2.57 bits per heavy atom. The lowest BCUT2D eigenvalue weighted by Crippen LogP contribution is -2.47. The molecule has 1 atom stereocenters. The van der Waals surface area contributed by atoms with Gasteiger partial charge >= 0.3 is 11.8 Å². The Labute approximate surface area is 172 Å². The highest BCUT2D eigenvalue weighted by Crippen LogP contribution is 2.33. The lowest BCUT2D eigenvalue weighted by atomic mass is 10.1. The third kappa shape index (κ3) is 4.36. The normalized spacial score (nSPS) is 16.9. The van der Waals surface area contributed by atoms with Crippen molar-refractivity contribution in [3.63, 3.8) is 0 Å². The van der Waals surface area contributed by atoms with Crippen molar-refractivity contribution in [2.45, 2.75) is 12.8 Å². The van der Waals surface area contributed by atoms with E-state index in [4.69, 9.17) is 14.2 Å². The molecule has 2 aliphatic heterocycles. The maximum absolute atomic E-state index is 12.9. The van der Waals surface area contributed by atoms with Gasteiger partial charge in [0, 0.05) is 18.7 Å². The maximum atomic E-state index is 12.9. The van der Waals surface area contributed by atoms with E-state index in [1.165, 1.54) is 4.90 Å². The van der Waals surface area contributed by atoms with Crippen molar-refractivity contribution in [3.05, 3.63) is 59.7 Å². The number of rotatable bonds is 5. The van der Waals surface area contributed by atoms with Crippen molar-refractivity contribution in [2.24, 2.45) is 0 Å².